The Morgan fingerprint density at radius 1 is 0.692 bits per heavy atom. The summed E-state index contributed by atoms with van der Waals surface area (Å²) in [7, 11) is 0. The van der Waals surface area contributed by atoms with Crippen molar-refractivity contribution in [1.82, 2.24) is 0 Å². The topological polar surface area (TPSA) is 0 Å². The van der Waals surface area contributed by atoms with Gasteiger partial charge >= 0.3 is 0 Å². The number of hydrogen-bond donors (Lipinski definition) is 0. The third-order valence-electron chi connectivity index (χ3n) is 7.70. The minimum absolute atomic E-state index is 0.121. The highest BCUT2D eigenvalue weighted by Crippen LogP contribution is 2.43. The molecule has 204 valence electrons. The van der Waals surface area contributed by atoms with Crippen LogP contribution in [-0.4, -0.2) is 0 Å². The highest BCUT2D eigenvalue weighted by molar-refractivity contribution is 6.21. The van der Waals surface area contributed by atoms with E-state index in [2.05, 4.69) is 119 Å². The Hall–Kier alpha value is -2.54. The highest BCUT2D eigenvalue weighted by atomic mass is 35.5. The lowest BCUT2D eigenvalue weighted by Crippen LogP contribution is -2.11. The summed E-state index contributed by atoms with van der Waals surface area (Å²) in [6.45, 7) is 9.01. The summed E-state index contributed by atoms with van der Waals surface area (Å²) < 4.78 is 0. The van der Waals surface area contributed by atoms with Crippen LogP contribution in [-0.2, 0) is 24.1 Å². The number of rotatable bonds is 11. The lowest BCUT2D eigenvalue weighted by Gasteiger charge is -2.24. The van der Waals surface area contributed by atoms with Gasteiger partial charge in [-0.15, -0.1) is 23.2 Å². The number of alkyl halides is 2. The van der Waals surface area contributed by atoms with E-state index in [1.54, 1.807) is 0 Å². The Morgan fingerprint density at radius 2 is 1.28 bits per heavy atom. The first kappa shape index (κ1) is 29.4. The monoisotopic (exact) mass is 556 g/mol. The normalized spacial score (nSPS) is 12.5. The van der Waals surface area contributed by atoms with Crippen molar-refractivity contribution in [2.45, 2.75) is 82.9 Å². The quantitative estimate of drug-likeness (QED) is 0.127. The highest BCUT2D eigenvalue weighted by Gasteiger charge is 2.23. The minimum Gasteiger partial charge on any atom is -0.122 e. The molecule has 0 fully saturated rings. The van der Waals surface area contributed by atoms with Gasteiger partial charge in [0.2, 0.25) is 0 Å². The molecule has 1 unspecified atom stereocenters. The molecule has 0 aromatic heterocycles. The SMILES string of the molecule is CCCCCCc1cc(CC(Cl)c2ccc(C(C)(C)C)cc2)c(-c2ccccc2)c(-c2ccccc2)c1CCl. The average molecular weight is 558 g/mol. The van der Waals surface area contributed by atoms with Crippen molar-refractivity contribution < 1.29 is 0 Å². The van der Waals surface area contributed by atoms with E-state index in [1.165, 1.54) is 70.2 Å². The Kier molecular flexibility index (Phi) is 10.3. The molecular formula is C37H42Cl2. The van der Waals surface area contributed by atoms with Gasteiger partial charge in [0, 0.05) is 5.88 Å². The smallest absolute Gasteiger partial charge is 0.0625 e. The molecule has 2 heteroatoms. The second-order valence-electron chi connectivity index (χ2n) is 11.6. The van der Waals surface area contributed by atoms with Gasteiger partial charge in [-0.3, -0.25) is 0 Å². The van der Waals surface area contributed by atoms with Crippen molar-refractivity contribution in [3.05, 3.63) is 119 Å². The maximum atomic E-state index is 7.21. The fourth-order valence-electron chi connectivity index (χ4n) is 5.48. The molecule has 4 aromatic carbocycles. The molecule has 0 saturated carbocycles. The van der Waals surface area contributed by atoms with Gasteiger partial charge in [0.25, 0.3) is 0 Å². The Balaban J connectivity index is 1.86. The van der Waals surface area contributed by atoms with Gasteiger partial charge in [0.05, 0.1) is 5.38 Å². The molecule has 0 spiro atoms. The molecule has 0 bridgehead atoms. The summed E-state index contributed by atoms with van der Waals surface area (Å²) in [5, 5.41) is -0.125. The fourth-order valence-corrected chi connectivity index (χ4v) is 6.10. The van der Waals surface area contributed by atoms with Crippen LogP contribution in [0.3, 0.4) is 0 Å². The van der Waals surface area contributed by atoms with Gasteiger partial charge < -0.3 is 0 Å². The summed E-state index contributed by atoms with van der Waals surface area (Å²) in [5.41, 5.74) is 11.5. The lowest BCUT2D eigenvalue weighted by molar-refractivity contribution is 0.590. The Labute approximate surface area is 246 Å². The number of aryl methyl sites for hydroxylation is 1. The maximum absolute atomic E-state index is 7.21. The molecule has 39 heavy (non-hydrogen) atoms. The number of hydrogen-bond acceptors (Lipinski definition) is 0. The molecule has 0 N–H and O–H groups in total. The minimum atomic E-state index is -0.125. The van der Waals surface area contributed by atoms with E-state index in [4.69, 9.17) is 23.2 Å². The van der Waals surface area contributed by atoms with E-state index in [1.807, 2.05) is 0 Å². The van der Waals surface area contributed by atoms with Crippen molar-refractivity contribution in [2.75, 3.05) is 0 Å². The van der Waals surface area contributed by atoms with Crippen LogP contribution in [0.25, 0.3) is 22.3 Å². The first-order valence-corrected chi connectivity index (χ1v) is 15.4. The third-order valence-corrected chi connectivity index (χ3v) is 8.38. The van der Waals surface area contributed by atoms with E-state index in [0.717, 1.165) is 18.4 Å². The molecule has 4 aromatic rings. The predicted octanol–water partition coefficient (Wildman–Crippen LogP) is 11.7. The average Bonchev–Trinajstić information content (AvgIpc) is 2.95. The van der Waals surface area contributed by atoms with Gasteiger partial charge in [-0.05, 0) is 74.7 Å². The van der Waals surface area contributed by atoms with Gasteiger partial charge in [0.15, 0.2) is 0 Å². The van der Waals surface area contributed by atoms with E-state index in [0.29, 0.717) is 5.88 Å². The standard InChI is InChI=1S/C37H42Cl2/c1-5-6-7-10-19-30-24-31(25-34(39)27-20-22-32(23-21-27)37(2,3)4)35(28-15-11-8-12-16-28)36(33(30)26-38)29-17-13-9-14-18-29/h8-9,11-18,20-24,34H,5-7,10,19,25-26H2,1-4H3. The number of unbranched alkanes of at least 4 members (excludes halogenated alkanes) is 3. The first-order chi connectivity index (χ1) is 18.8. The zero-order valence-electron chi connectivity index (χ0n) is 23.9. The zero-order valence-corrected chi connectivity index (χ0v) is 25.5. The predicted molar refractivity (Wildman–Crippen MR) is 172 cm³/mol. The van der Waals surface area contributed by atoms with Crippen molar-refractivity contribution in [3.8, 4) is 22.3 Å². The van der Waals surface area contributed by atoms with Crippen molar-refractivity contribution in [1.29, 1.82) is 0 Å². The molecule has 0 aliphatic heterocycles. The summed E-state index contributed by atoms with van der Waals surface area (Å²) >= 11 is 14.0. The van der Waals surface area contributed by atoms with Gasteiger partial charge in [-0.2, -0.15) is 0 Å². The van der Waals surface area contributed by atoms with Crippen LogP contribution in [0.5, 0.6) is 0 Å². The molecule has 1 atom stereocenters. The van der Waals surface area contributed by atoms with Gasteiger partial charge in [-0.1, -0.05) is 138 Å². The second kappa shape index (κ2) is 13.7. The van der Waals surface area contributed by atoms with Crippen LogP contribution in [0.15, 0.2) is 91.0 Å². The van der Waals surface area contributed by atoms with E-state index in [-0.39, 0.29) is 10.8 Å². The van der Waals surface area contributed by atoms with Crippen molar-refractivity contribution in [3.63, 3.8) is 0 Å². The number of benzene rings is 4. The molecule has 0 saturated heterocycles. The molecule has 0 amide bonds. The van der Waals surface area contributed by atoms with Crippen LogP contribution in [0.2, 0.25) is 0 Å². The summed E-state index contributed by atoms with van der Waals surface area (Å²) in [6, 6.07) is 32.8. The largest absolute Gasteiger partial charge is 0.122 e. The second-order valence-corrected chi connectivity index (χ2v) is 12.4. The first-order valence-electron chi connectivity index (χ1n) is 14.4. The zero-order chi connectivity index (χ0) is 27.8. The molecule has 0 radical (unpaired) electrons. The number of halogens is 2. The van der Waals surface area contributed by atoms with Crippen LogP contribution in [0.1, 0.15) is 86.6 Å². The van der Waals surface area contributed by atoms with E-state index in [9.17, 15) is 0 Å². The van der Waals surface area contributed by atoms with E-state index < -0.39 is 0 Å². The molecular weight excluding hydrogens is 515 g/mol. The Morgan fingerprint density at radius 3 is 1.82 bits per heavy atom. The van der Waals surface area contributed by atoms with Crippen LogP contribution >= 0.6 is 23.2 Å². The maximum Gasteiger partial charge on any atom is 0.0625 e. The van der Waals surface area contributed by atoms with E-state index >= 15 is 0 Å². The summed E-state index contributed by atoms with van der Waals surface area (Å²) in [5.74, 6) is 0.492. The van der Waals surface area contributed by atoms with Crippen LogP contribution in [0, 0.1) is 0 Å². The van der Waals surface area contributed by atoms with Crippen molar-refractivity contribution >= 4 is 23.2 Å². The van der Waals surface area contributed by atoms with Crippen molar-refractivity contribution in [2.24, 2.45) is 0 Å². The fraction of sp³-hybridized carbons (Fsp3) is 0.351. The van der Waals surface area contributed by atoms with Crippen LogP contribution in [0.4, 0.5) is 0 Å². The lowest BCUT2D eigenvalue weighted by atomic mass is 9.82. The summed E-state index contributed by atoms with van der Waals surface area (Å²) in [4.78, 5) is 0. The van der Waals surface area contributed by atoms with Gasteiger partial charge in [-0.25, -0.2) is 0 Å². The van der Waals surface area contributed by atoms with Crippen LogP contribution < -0.4 is 0 Å². The molecule has 0 nitrogen and oxygen atoms in total. The summed E-state index contributed by atoms with van der Waals surface area (Å²) in [6.07, 6.45) is 6.71. The molecule has 0 heterocycles. The Bertz CT molecular complexity index is 1320. The molecule has 0 aliphatic carbocycles. The van der Waals surface area contributed by atoms with Gasteiger partial charge in [0.1, 0.15) is 0 Å². The molecule has 4 rings (SSSR count). The third kappa shape index (κ3) is 7.36. The molecule has 0 aliphatic rings.